The lowest BCUT2D eigenvalue weighted by Crippen LogP contribution is -2.42. The second-order valence-corrected chi connectivity index (χ2v) is 6.64. The number of halogens is 3. The maximum absolute atomic E-state index is 12.5. The number of alkyl halides is 3. The van der Waals surface area contributed by atoms with Crippen molar-refractivity contribution < 1.29 is 37.1 Å². The number of ether oxygens (including phenoxy) is 1. The largest absolute Gasteiger partial charge is 0.451 e. The van der Waals surface area contributed by atoms with Gasteiger partial charge in [0.1, 0.15) is 12.1 Å². The predicted molar refractivity (Wildman–Crippen MR) is 90.0 cm³/mol. The third-order valence-corrected chi connectivity index (χ3v) is 3.89. The van der Waals surface area contributed by atoms with Crippen LogP contribution in [0.4, 0.5) is 23.7 Å². The number of carbonyl (C=O) groups is 4. The molecule has 0 bridgehead atoms. The van der Waals surface area contributed by atoms with E-state index in [1.165, 1.54) is 20.8 Å². The van der Waals surface area contributed by atoms with Crippen LogP contribution in [0, 0.1) is 0 Å². The number of hydrogen-bond acceptors (Lipinski definition) is 5. The second-order valence-electron chi connectivity index (χ2n) is 6.64. The first-order chi connectivity index (χ1) is 12.8. The van der Waals surface area contributed by atoms with Crippen molar-refractivity contribution in [3.05, 3.63) is 29.8 Å². The molecular weight excluding hydrogens is 383 g/mol. The molecule has 2 N–H and O–H groups in total. The van der Waals surface area contributed by atoms with Gasteiger partial charge in [0.05, 0.1) is 5.56 Å². The van der Waals surface area contributed by atoms with E-state index in [1.54, 1.807) is 0 Å². The Hall–Kier alpha value is -3.11. The third kappa shape index (κ3) is 4.78. The highest BCUT2D eigenvalue weighted by molar-refractivity contribution is 6.08. The molecule has 4 amide bonds. The Labute approximate surface area is 158 Å². The average molecular weight is 401 g/mol. The Morgan fingerprint density at radius 3 is 2.25 bits per heavy atom. The maximum Gasteiger partial charge on any atom is 0.416 e. The number of esters is 1. The average Bonchev–Trinajstić information content (AvgIpc) is 2.76. The van der Waals surface area contributed by atoms with Crippen LogP contribution in [0.15, 0.2) is 24.3 Å². The number of nitrogens with one attached hydrogen (secondary N) is 2. The number of urea groups is 1. The highest BCUT2D eigenvalue weighted by Crippen LogP contribution is 2.29. The molecule has 1 heterocycles. The topological polar surface area (TPSA) is 105 Å². The number of benzene rings is 1. The number of rotatable bonds is 5. The Balaban J connectivity index is 1.91. The van der Waals surface area contributed by atoms with Gasteiger partial charge in [0.25, 0.3) is 11.8 Å². The summed E-state index contributed by atoms with van der Waals surface area (Å²) < 4.78 is 42.5. The molecule has 1 fully saturated rings. The zero-order valence-electron chi connectivity index (χ0n) is 15.2. The molecule has 8 nitrogen and oxygen atoms in total. The van der Waals surface area contributed by atoms with Gasteiger partial charge >= 0.3 is 18.2 Å². The Bertz CT molecular complexity index is 805. The van der Waals surface area contributed by atoms with Crippen molar-refractivity contribution in [2.75, 3.05) is 11.9 Å². The van der Waals surface area contributed by atoms with Crippen LogP contribution in [0.25, 0.3) is 0 Å². The number of amides is 4. The molecule has 1 aliphatic heterocycles. The van der Waals surface area contributed by atoms with Crippen LogP contribution in [0.2, 0.25) is 0 Å². The molecule has 1 unspecified atom stereocenters. The van der Waals surface area contributed by atoms with Crippen molar-refractivity contribution in [3.8, 4) is 0 Å². The van der Waals surface area contributed by atoms with Crippen LogP contribution in [-0.4, -0.2) is 46.9 Å². The van der Waals surface area contributed by atoms with E-state index in [1.807, 2.05) is 0 Å². The fourth-order valence-electron chi connectivity index (χ4n) is 2.36. The van der Waals surface area contributed by atoms with Crippen LogP contribution >= 0.6 is 0 Å². The van der Waals surface area contributed by atoms with Crippen molar-refractivity contribution in [2.24, 2.45) is 0 Å². The van der Waals surface area contributed by atoms with E-state index in [0.717, 1.165) is 24.3 Å². The van der Waals surface area contributed by atoms with Gasteiger partial charge in [-0.2, -0.15) is 13.2 Å². The van der Waals surface area contributed by atoms with Gasteiger partial charge in [0.15, 0.2) is 6.10 Å². The van der Waals surface area contributed by atoms with Crippen molar-refractivity contribution in [1.29, 1.82) is 0 Å². The number of nitrogens with zero attached hydrogens (tertiary/aromatic N) is 1. The fraction of sp³-hybridized carbons (Fsp3) is 0.412. The van der Waals surface area contributed by atoms with Gasteiger partial charge < -0.3 is 15.4 Å². The van der Waals surface area contributed by atoms with Gasteiger partial charge in [0.2, 0.25) is 0 Å². The second kappa shape index (κ2) is 7.49. The summed E-state index contributed by atoms with van der Waals surface area (Å²) in [5.41, 5.74) is -1.94. The van der Waals surface area contributed by atoms with E-state index in [0.29, 0.717) is 4.90 Å². The number of carbonyl (C=O) groups excluding carboxylic acids is 4. The minimum absolute atomic E-state index is 0.0803. The first kappa shape index (κ1) is 21.2. The van der Waals surface area contributed by atoms with Crippen LogP contribution < -0.4 is 10.6 Å². The number of hydrogen-bond donors (Lipinski definition) is 2. The van der Waals surface area contributed by atoms with E-state index in [4.69, 9.17) is 4.74 Å². The van der Waals surface area contributed by atoms with Crippen LogP contribution in [0.3, 0.4) is 0 Å². The minimum Gasteiger partial charge on any atom is -0.451 e. The van der Waals surface area contributed by atoms with Crippen LogP contribution in [-0.2, 0) is 25.3 Å². The quantitative estimate of drug-likeness (QED) is 0.579. The lowest BCUT2D eigenvalue weighted by atomic mass is 10.1. The van der Waals surface area contributed by atoms with Crippen molar-refractivity contribution >= 4 is 29.5 Å². The van der Waals surface area contributed by atoms with E-state index in [2.05, 4.69) is 10.6 Å². The van der Waals surface area contributed by atoms with Gasteiger partial charge in [-0.25, -0.2) is 4.79 Å². The molecule has 0 saturated carbocycles. The first-order valence-corrected chi connectivity index (χ1v) is 8.13. The molecule has 0 aromatic heterocycles. The van der Waals surface area contributed by atoms with E-state index < -0.39 is 53.7 Å². The fourth-order valence-corrected chi connectivity index (χ4v) is 2.36. The molecule has 2 rings (SSSR count). The van der Waals surface area contributed by atoms with Crippen molar-refractivity contribution in [2.45, 2.75) is 38.6 Å². The molecule has 0 aliphatic carbocycles. The number of imide groups is 1. The summed E-state index contributed by atoms with van der Waals surface area (Å²) in [6.07, 6.45) is -5.80. The Morgan fingerprint density at radius 2 is 1.79 bits per heavy atom. The molecule has 0 radical (unpaired) electrons. The van der Waals surface area contributed by atoms with Gasteiger partial charge in [-0.05, 0) is 45.0 Å². The van der Waals surface area contributed by atoms with Crippen LogP contribution in [0.5, 0.6) is 0 Å². The van der Waals surface area contributed by atoms with E-state index in [9.17, 15) is 32.3 Å². The SMILES string of the molecule is CC(OC(=O)CN1C(=O)NC(C)(C)C1=O)C(=O)Nc1ccc(C(F)(F)F)cc1. The summed E-state index contributed by atoms with van der Waals surface area (Å²) in [5, 5.41) is 4.70. The molecule has 1 aromatic carbocycles. The van der Waals surface area contributed by atoms with Gasteiger partial charge in [-0.3, -0.25) is 19.3 Å². The monoisotopic (exact) mass is 401 g/mol. The lowest BCUT2D eigenvalue weighted by molar-refractivity contribution is -0.155. The highest BCUT2D eigenvalue weighted by Gasteiger charge is 2.45. The molecule has 28 heavy (non-hydrogen) atoms. The van der Waals surface area contributed by atoms with Gasteiger partial charge in [0, 0.05) is 5.69 Å². The summed E-state index contributed by atoms with van der Waals surface area (Å²) in [6, 6.07) is 2.96. The standard InChI is InChI=1S/C17H18F3N3O5/c1-9(13(25)21-11-6-4-10(5-7-11)17(18,19)20)28-12(24)8-23-14(26)16(2,3)22-15(23)27/h4-7,9H,8H2,1-3H3,(H,21,25)(H,22,27). The van der Waals surface area contributed by atoms with E-state index >= 15 is 0 Å². The Morgan fingerprint density at radius 1 is 1.21 bits per heavy atom. The zero-order chi connectivity index (χ0) is 21.3. The zero-order valence-corrected chi connectivity index (χ0v) is 15.2. The highest BCUT2D eigenvalue weighted by atomic mass is 19.4. The predicted octanol–water partition coefficient (Wildman–Crippen LogP) is 1.91. The lowest BCUT2D eigenvalue weighted by Gasteiger charge is -2.17. The summed E-state index contributed by atoms with van der Waals surface area (Å²) in [7, 11) is 0. The summed E-state index contributed by atoms with van der Waals surface area (Å²) in [5.74, 6) is -2.39. The molecular formula is C17H18F3N3O5. The normalized spacial score (nSPS) is 17.1. The molecule has 0 spiro atoms. The summed E-state index contributed by atoms with van der Waals surface area (Å²) in [6.45, 7) is 3.51. The summed E-state index contributed by atoms with van der Waals surface area (Å²) >= 11 is 0. The van der Waals surface area contributed by atoms with Gasteiger partial charge in [-0.1, -0.05) is 0 Å². The van der Waals surface area contributed by atoms with Crippen molar-refractivity contribution in [3.63, 3.8) is 0 Å². The molecule has 1 aliphatic rings. The minimum atomic E-state index is -4.50. The van der Waals surface area contributed by atoms with Gasteiger partial charge in [-0.15, -0.1) is 0 Å². The van der Waals surface area contributed by atoms with Crippen molar-refractivity contribution in [1.82, 2.24) is 10.2 Å². The summed E-state index contributed by atoms with van der Waals surface area (Å²) in [4.78, 5) is 48.3. The molecule has 1 atom stereocenters. The smallest absolute Gasteiger partial charge is 0.416 e. The molecule has 1 aromatic rings. The maximum atomic E-state index is 12.5. The molecule has 11 heteroatoms. The van der Waals surface area contributed by atoms with E-state index in [-0.39, 0.29) is 5.69 Å². The first-order valence-electron chi connectivity index (χ1n) is 8.13. The molecule has 152 valence electrons. The van der Waals surface area contributed by atoms with Crippen LogP contribution in [0.1, 0.15) is 26.3 Å². The Kier molecular flexibility index (Phi) is 5.67. The third-order valence-electron chi connectivity index (χ3n) is 3.89. The number of anilines is 1. The molecule has 1 saturated heterocycles.